The van der Waals surface area contributed by atoms with Crippen molar-refractivity contribution < 1.29 is 9.21 Å². The summed E-state index contributed by atoms with van der Waals surface area (Å²) in [6, 6.07) is 15.0. The van der Waals surface area contributed by atoms with Crippen LogP contribution in [0.1, 0.15) is 21.9 Å². The number of carbonyl (C=O) groups excluding carboxylic acids is 1. The Morgan fingerprint density at radius 3 is 2.41 bits per heavy atom. The molecule has 0 saturated heterocycles. The van der Waals surface area contributed by atoms with E-state index in [2.05, 4.69) is 15.5 Å². The maximum Gasteiger partial charge on any atom is 0.260 e. The van der Waals surface area contributed by atoms with Crippen molar-refractivity contribution in [3.05, 3.63) is 65.6 Å². The van der Waals surface area contributed by atoms with Gasteiger partial charge in [0, 0.05) is 5.56 Å². The molecule has 5 nitrogen and oxygen atoms in total. The van der Waals surface area contributed by atoms with Gasteiger partial charge in [0.05, 0.1) is 11.3 Å². The number of aromatic nitrogens is 2. The summed E-state index contributed by atoms with van der Waals surface area (Å²) in [5, 5.41) is 10.9. The highest BCUT2D eigenvalue weighted by atomic mass is 16.3. The molecule has 22 heavy (non-hydrogen) atoms. The van der Waals surface area contributed by atoms with Crippen LogP contribution in [0.15, 0.2) is 52.9 Å². The Bertz CT molecular complexity index is 793. The van der Waals surface area contributed by atoms with Gasteiger partial charge in [-0.3, -0.25) is 4.79 Å². The van der Waals surface area contributed by atoms with E-state index in [1.54, 1.807) is 26.0 Å². The Morgan fingerprint density at radius 1 is 1.05 bits per heavy atom. The highest BCUT2D eigenvalue weighted by Gasteiger charge is 2.14. The van der Waals surface area contributed by atoms with Crippen LogP contribution in [0.4, 0.5) is 5.82 Å². The molecule has 0 fully saturated rings. The number of nitrogens with zero attached hydrogens (tertiary/aromatic N) is 2. The largest absolute Gasteiger partial charge is 0.466 e. The number of nitrogens with one attached hydrogen (secondary N) is 1. The molecule has 0 unspecified atom stereocenters. The number of rotatable bonds is 3. The van der Waals surface area contributed by atoms with Gasteiger partial charge < -0.3 is 9.73 Å². The molecule has 3 aromatic rings. The van der Waals surface area contributed by atoms with Crippen LogP contribution in [0, 0.1) is 13.8 Å². The van der Waals surface area contributed by atoms with Crippen molar-refractivity contribution in [2.75, 3.05) is 5.32 Å². The van der Waals surface area contributed by atoms with Crippen molar-refractivity contribution in [2.45, 2.75) is 13.8 Å². The molecule has 0 aliphatic rings. The van der Waals surface area contributed by atoms with Crippen molar-refractivity contribution in [1.29, 1.82) is 0 Å². The van der Waals surface area contributed by atoms with Crippen molar-refractivity contribution >= 4 is 11.7 Å². The lowest BCUT2D eigenvalue weighted by Crippen LogP contribution is -2.13. The van der Waals surface area contributed by atoms with E-state index in [4.69, 9.17) is 4.42 Å². The normalized spacial score (nSPS) is 10.5. The van der Waals surface area contributed by atoms with Crippen LogP contribution in [0.25, 0.3) is 11.3 Å². The molecular weight excluding hydrogens is 278 g/mol. The minimum atomic E-state index is -0.254. The van der Waals surface area contributed by atoms with E-state index in [0.717, 1.165) is 11.3 Å². The first-order chi connectivity index (χ1) is 10.6. The van der Waals surface area contributed by atoms with Gasteiger partial charge in [-0.2, -0.15) is 0 Å². The van der Waals surface area contributed by atoms with Gasteiger partial charge in [-0.1, -0.05) is 30.3 Å². The average molecular weight is 293 g/mol. The van der Waals surface area contributed by atoms with Crippen LogP contribution in [0.2, 0.25) is 0 Å². The minimum Gasteiger partial charge on any atom is -0.466 e. The van der Waals surface area contributed by atoms with Crippen molar-refractivity contribution in [1.82, 2.24) is 10.2 Å². The second-order valence-corrected chi connectivity index (χ2v) is 4.95. The Kier molecular flexibility index (Phi) is 3.70. The van der Waals surface area contributed by atoms with Gasteiger partial charge >= 0.3 is 0 Å². The van der Waals surface area contributed by atoms with Gasteiger partial charge in [0.25, 0.3) is 5.91 Å². The first-order valence-corrected chi connectivity index (χ1v) is 6.91. The zero-order valence-electron chi connectivity index (χ0n) is 12.3. The predicted molar refractivity (Wildman–Crippen MR) is 83.6 cm³/mol. The van der Waals surface area contributed by atoms with Crippen LogP contribution in [0.3, 0.4) is 0 Å². The van der Waals surface area contributed by atoms with E-state index in [0.29, 0.717) is 22.9 Å². The van der Waals surface area contributed by atoms with Crippen molar-refractivity contribution in [2.24, 2.45) is 0 Å². The molecule has 1 N–H and O–H groups in total. The van der Waals surface area contributed by atoms with Crippen LogP contribution in [0.5, 0.6) is 0 Å². The predicted octanol–water partition coefficient (Wildman–Crippen LogP) is 3.61. The standard InChI is InChI=1S/C17H15N3O2/c1-11-10-14(12(2)22-11)17(21)18-16-9-8-15(19-20-16)13-6-4-3-5-7-13/h3-10H,1-2H3,(H,18,20,21). The summed E-state index contributed by atoms with van der Waals surface area (Å²) in [7, 11) is 0. The zero-order valence-corrected chi connectivity index (χ0v) is 12.3. The number of furan rings is 1. The average Bonchev–Trinajstić information content (AvgIpc) is 2.88. The van der Waals surface area contributed by atoms with Gasteiger partial charge in [0.1, 0.15) is 11.5 Å². The van der Waals surface area contributed by atoms with E-state index in [-0.39, 0.29) is 5.91 Å². The van der Waals surface area contributed by atoms with E-state index in [9.17, 15) is 4.79 Å². The first kappa shape index (κ1) is 14.0. The SMILES string of the molecule is Cc1cc(C(=O)Nc2ccc(-c3ccccc3)nn2)c(C)o1. The molecule has 0 radical (unpaired) electrons. The number of benzene rings is 1. The van der Waals surface area contributed by atoms with E-state index in [1.807, 2.05) is 36.4 Å². The smallest absolute Gasteiger partial charge is 0.260 e. The molecule has 0 atom stereocenters. The van der Waals surface area contributed by atoms with Gasteiger partial charge in [0.2, 0.25) is 0 Å². The summed E-state index contributed by atoms with van der Waals surface area (Å²) in [6.07, 6.45) is 0. The Morgan fingerprint density at radius 2 is 1.82 bits per heavy atom. The molecule has 0 aliphatic carbocycles. The van der Waals surface area contributed by atoms with Crippen LogP contribution < -0.4 is 5.32 Å². The topological polar surface area (TPSA) is 68.0 Å². The molecule has 0 saturated carbocycles. The Hall–Kier alpha value is -2.95. The van der Waals surface area contributed by atoms with Crippen molar-refractivity contribution in [3.63, 3.8) is 0 Å². The van der Waals surface area contributed by atoms with Gasteiger partial charge in [-0.25, -0.2) is 0 Å². The third-order valence-corrected chi connectivity index (χ3v) is 3.26. The zero-order chi connectivity index (χ0) is 15.5. The first-order valence-electron chi connectivity index (χ1n) is 6.91. The molecule has 0 aliphatic heterocycles. The Labute approximate surface area is 128 Å². The van der Waals surface area contributed by atoms with E-state index >= 15 is 0 Å². The Balaban J connectivity index is 1.76. The number of anilines is 1. The molecule has 1 amide bonds. The molecule has 5 heteroatoms. The summed E-state index contributed by atoms with van der Waals surface area (Å²) in [6.45, 7) is 3.56. The number of hydrogen-bond acceptors (Lipinski definition) is 4. The molecule has 110 valence electrons. The molecule has 2 heterocycles. The highest BCUT2D eigenvalue weighted by molar-refractivity contribution is 6.04. The van der Waals surface area contributed by atoms with E-state index in [1.165, 1.54) is 0 Å². The monoisotopic (exact) mass is 293 g/mol. The van der Waals surface area contributed by atoms with Crippen LogP contribution in [-0.4, -0.2) is 16.1 Å². The number of amides is 1. The summed E-state index contributed by atoms with van der Waals surface area (Å²) in [5.41, 5.74) is 2.24. The maximum atomic E-state index is 12.2. The summed E-state index contributed by atoms with van der Waals surface area (Å²) in [5.74, 6) is 1.44. The lowest BCUT2D eigenvalue weighted by Gasteiger charge is -2.04. The molecule has 0 bridgehead atoms. The number of aryl methyl sites for hydroxylation is 2. The highest BCUT2D eigenvalue weighted by Crippen LogP contribution is 2.18. The fraction of sp³-hybridized carbons (Fsp3) is 0.118. The van der Waals surface area contributed by atoms with Crippen molar-refractivity contribution in [3.8, 4) is 11.3 Å². The van der Waals surface area contributed by atoms with Crippen LogP contribution in [-0.2, 0) is 0 Å². The molecule has 2 aromatic heterocycles. The molecule has 0 spiro atoms. The third-order valence-electron chi connectivity index (χ3n) is 3.26. The molecule has 3 rings (SSSR count). The summed E-state index contributed by atoms with van der Waals surface area (Å²) >= 11 is 0. The van der Waals surface area contributed by atoms with E-state index < -0.39 is 0 Å². The molecular formula is C17H15N3O2. The fourth-order valence-electron chi connectivity index (χ4n) is 2.20. The minimum absolute atomic E-state index is 0.254. The third kappa shape index (κ3) is 2.88. The quantitative estimate of drug-likeness (QED) is 0.801. The lowest BCUT2D eigenvalue weighted by molar-refractivity contribution is 0.102. The second-order valence-electron chi connectivity index (χ2n) is 4.95. The fourth-order valence-corrected chi connectivity index (χ4v) is 2.20. The lowest BCUT2D eigenvalue weighted by atomic mass is 10.1. The van der Waals surface area contributed by atoms with Gasteiger partial charge in [-0.05, 0) is 32.0 Å². The van der Waals surface area contributed by atoms with Gasteiger partial charge in [-0.15, -0.1) is 10.2 Å². The molecule has 1 aromatic carbocycles. The summed E-state index contributed by atoms with van der Waals surface area (Å²) < 4.78 is 5.35. The summed E-state index contributed by atoms with van der Waals surface area (Å²) in [4.78, 5) is 12.2. The van der Waals surface area contributed by atoms with Crippen LogP contribution >= 0.6 is 0 Å². The second kappa shape index (κ2) is 5.81. The number of carbonyl (C=O) groups is 1. The maximum absolute atomic E-state index is 12.2. The van der Waals surface area contributed by atoms with Gasteiger partial charge in [0.15, 0.2) is 5.82 Å². The number of hydrogen-bond donors (Lipinski definition) is 1.